The molecule has 86 valence electrons. The summed E-state index contributed by atoms with van der Waals surface area (Å²) in [6.45, 7) is 0. The van der Waals surface area contributed by atoms with Gasteiger partial charge in [-0.05, 0) is 31.3 Å². The molecule has 1 fully saturated rings. The molecule has 0 aromatic carbocycles. The second kappa shape index (κ2) is 5.72. The van der Waals surface area contributed by atoms with Gasteiger partial charge in [0.15, 0.2) is 5.82 Å². The zero-order valence-electron chi connectivity index (χ0n) is 8.68. The maximum absolute atomic E-state index is 5.91. The molecule has 6 heteroatoms. The van der Waals surface area contributed by atoms with Crippen LogP contribution in [0.5, 0.6) is 0 Å². The van der Waals surface area contributed by atoms with Gasteiger partial charge in [0, 0.05) is 5.92 Å². The number of nitrogens with two attached hydrogens (primary N) is 1. The second-order valence-electron chi connectivity index (χ2n) is 3.65. The van der Waals surface area contributed by atoms with E-state index in [0.717, 1.165) is 18.0 Å². The van der Waals surface area contributed by atoms with Gasteiger partial charge in [-0.1, -0.05) is 5.16 Å². The molecule has 0 spiro atoms. The van der Waals surface area contributed by atoms with Crippen LogP contribution in [0.2, 0.25) is 0 Å². The van der Waals surface area contributed by atoms with Crippen molar-refractivity contribution in [2.75, 3.05) is 12.0 Å². The molecule has 15 heavy (non-hydrogen) atoms. The van der Waals surface area contributed by atoms with Crippen molar-refractivity contribution in [3.8, 4) is 0 Å². The normalized spacial score (nSPS) is 17.2. The second-order valence-corrected chi connectivity index (χ2v) is 4.64. The highest BCUT2D eigenvalue weighted by Crippen LogP contribution is 2.38. The lowest BCUT2D eigenvalue weighted by atomic mass is 10.2. The van der Waals surface area contributed by atoms with Crippen LogP contribution in [0.15, 0.2) is 4.52 Å². The minimum Gasteiger partial charge on any atom is -0.338 e. The molecule has 1 aliphatic rings. The number of halogens is 1. The van der Waals surface area contributed by atoms with Crippen molar-refractivity contribution in [2.45, 2.75) is 31.2 Å². The van der Waals surface area contributed by atoms with Gasteiger partial charge in [-0.2, -0.15) is 16.7 Å². The van der Waals surface area contributed by atoms with E-state index < -0.39 is 0 Å². The largest absolute Gasteiger partial charge is 0.338 e. The third kappa shape index (κ3) is 3.36. The standard InChI is InChI=1S/C9H15N3OS.ClH/c1-14-5-4-7(10)9-11-8(12-13-9)6-2-3-6;/h6-7H,2-5,10H2,1H3;1H. The Bertz CT molecular complexity index is 303. The van der Waals surface area contributed by atoms with E-state index >= 15 is 0 Å². The first-order valence-corrected chi connectivity index (χ1v) is 6.28. The molecule has 1 saturated carbocycles. The van der Waals surface area contributed by atoms with Gasteiger partial charge in [0.1, 0.15) is 0 Å². The first-order chi connectivity index (χ1) is 6.81. The molecule has 4 nitrogen and oxygen atoms in total. The molecule has 1 unspecified atom stereocenters. The van der Waals surface area contributed by atoms with Gasteiger partial charge in [-0.25, -0.2) is 0 Å². The van der Waals surface area contributed by atoms with Gasteiger partial charge in [0.05, 0.1) is 6.04 Å². The molecular formula is C9H16ClN3OS. The molecule has 1 heterocycles. The van der Waals surface area contributed by atoms with Crippen molar-refractivity contribution in [3.63, 3.8) is 0 Å². The van der Waals surface area contributed by atoms with E-state index in [2.05, 4.69) is 16.4 Å². The lowest BCUT2D eigenvalue weighted by Gasteiger charge is -2.03. The Morgan fingerprint density at radius 2 is 2.33 bits per heavy atom. The number of hydrogen-bond acceptors (Lipinski definition) is 5. The highest BCUT2D eigenvalue weighted by Gasteiger charge is 2.29. The van der Waals surface area contributed by atoms with Gasteiger partial charge in [-0.15, -0.1) is 12.4 Å². The molecule has 2 N–H and O–H groups in total. The van der Waals surface area contributed by atoms with E-state index in [9.17, 15) is 0 Å². The number of nitrogens with zero attached hydrogens (tertiary/aromatic N) is 2. The Balaban J connectivity index is 0.00000112. The van der Waals surface area contributed by atoms with E-state index in [1.54, 1.807) is 11.8 Å². The van der Waals surface area contributed by atoms with E-state index in [4.69, 9.17) is 10.3 Å². The predicted molar refractivity (Wildman–Crippen MR) is 63.4 cm³/mol. The highest BCUT2D eigenvalue weighted by atomic mass is 35.5. The lowest BCUT2D eigenvalue weighted by Crippen LogP contribution is -2.11. The molecule has 0 amide bonds. The number of thioether (sulfide) groups is 1. The fourth-order valence-electron chi connectivity index (χ4n) is 1.27. The Labute approximate surface area is 99.8 Å². The summed E-state index contributed by atoms with van der Waals surface area (Å²) in [6, 6.07) is -0.0950. The molecular weight excluding hydrogens is 234 g/mol. The van der Waals surface area contributed by atoms with Crippen molar-refractivity contribution < 1.29 is 4.52 Å². The van der Waals surface area contributed by atoms with E-state index in [1.807, 2.05) is 0 Å². The third-order valence-electron chi connectivity index (χ3n) is 2.35. The minimum atomic E-state index is -0.0950. The molecule has 2 rings (SSSR count). The van der Waals surface area contributed by atoms with E-state index in [-0.39, 0.29) is 18.4 Å². The van der Waals surface area contributed by atoms with Crippen molar-refractivity contribution in [1.82, 2.24) is 10.1 Å². The summed E-state index contributed by atoms with van der Waals surface area (Å²) in [5.74, 6) is 3.02. The van der Waals surface area contributed by atoms with Crippen LogP contribution in [0.4, 0.5) is 0 Å². The highest BCUT2D eigenvalue weighted by molar-refractivity contribution is 7.98. The molecule has 1 aromatic heterocycles. The predicted octanol–water partition coefficient (Wildman–Crippen LogP) is 2.12. The fraction of sp³-hybridized carbons (Fsp3) is 0.778. The van der Waals surface area contributed by atoms with Gasteiger partial charge in [-0.3, -0.25) is 0 Å². The Hall–Kier alpha value is -0.260. The van der Waals surface area contributed by atoms with Crippen molar-refractivity contribution >= 4 is 24.2 Å². The zero-order chi connectivity index (χ0) is 9.97. The van der Waals surface area contributed by atoms with Crippen LogP contribution >= 0.6 is 24.2 Å². The van der Waals surface area contributed by atoms with Crippen LogP contribution in [0, 0.1) is 0 Å². The Morgan fingerprint density at radius 3 is 2.93 bits per heavy atom. The van der Waals surface area contributed by atoms with Crippen molar-refractivity contribution in [3.05, 3.63) is 11.7 Å². The summed E-state index contributed by atoms with van der Waals surface area (Å²) in [7, 11) is 0. The lowest BCUT2D eigenvalue weighted by molar-refractivity contribution is 0.349. The van der Waals surface area contributed by atoms with Gasteiger partial charge in [0.2, 0.25) is 5.89 Å². The summed E-state index contributed by atoms with van der Waals surface area (Å²) in [5.41, 5.74) is 5.91. The van der Waals surface area contributed by atoms with Crippen LogP contribution in [0.1, 0.15) is 42.9 Å². The van der Waals surface area contributed by atoms with Crippen molar-refractivity contribution in [1.29, 1.82) is 0 Å². The van der Waals surface area contributed by atoms with Crippen molar-refractivity contribution in [2.24, 2.45) is 5.73 Å². The fourth-order valence-corrected chi connectivity index (χ4v) is 1.76. The monoisotopic (exact) mass is 249 g/mol. The average Bonchev–Trinajstić information content (AvgIpc) is 2.93. The van der Waals surface area contributed by atoms with Crippen LogP contribution in [0.25, 0.3) is 0 Å². The summed E-state index contributed by atoms with van der Waals surface area (Å²) in [5, 5.41) is 3.93. The summed E-state index contributed by atoms with van der Waals surface area (Å²) >= 11 is 1.78. The SMILES string of the molecule is CSCCC(N)c1nc(C2CC2)no1.Cl. The van der Waals surface area contributed by atoms with Crippen LogP contribution in [-0.4, -0.2) is 22.1 Å². The number of rotatable bonds is 5. The maximum Gasteiger partial charge on any atom is 0.243 e. The van der Waals surface area contributed by atoms with E-state index in [0.29, 0.717) is 11.8 Å². The Kier molecular flexibility index (Phi) is 4.89. The topological polar surface area (TPSA) is 64.9 Å². The quantitative estimate of drug-likeness (QED) is 0.866. The van der Waals surface area contributed by atoms with Gasteiger partial charge >= 0.3 is 0 Å². The summed E-state index contributed by atoms with van der Waals surface area (Å²) in [4.78, 5) is 4.31. The first kappa shape index (κ1) is 12.8. The minimum absolute atomic E-state index is 0. The molecule has 1 aromatic rings. The molecule has 1 aliphatic carbocycles. The van der Waals surface area contributed by atoms with Crippen LogP contribution < -0.4 is 5.73 Å². The van der Waals surface area contributed by atoms with Gasteiger partial charge < -0.3 is 10.3 Å². The van der Waals surface area contributed by atoms with Gasteiger partial charge in [0.25, 0.3) is 0 Å². The van der Waals surface area contributed by atoms with Crippen LogP contribution in [-0.2, 0) is 0 Å². The third-order valence-corrected chi connectivity index (χ3v) is 2.99. The molecule has 1 atom stereocenters. The molecule has 0 saturated heterocycles. The first-order valence-electron chi connectivity index (χ1n) is 4.89. The zero-order valence-corrected chi connectivity index (χ0v) is 10.3. The van der Waals surface area contributed by atoms with E-state index in [1.165, 1.54) is 12.8 Å². The summed E-state index contributed by atoms with van der Waals surface area (Å²) < 4.78 is 5.13. The number of hydrogen-bond donors (Lipinski definition) is 1. The summed E-state index contributed by atoms with van der Waals surface area (Å²) in [6.07, 6.45) is 5.35. The Morgan fingerprint density at radius 1 is 1.60 bits per heavy atom. The smallest absolute Gasteiger partial charge is 0.243 e. The number of aromatic nitrogens is 2. The average molecular weight is 250 g/mol. The molecule has 0 radical (unpaired) electrons. The molecule has 0 aliphatic heterocycles. The maximum atomic E-state index is 5.91. The van der Waals surface area contributed by atoms with Crippen LogP contribution in [0.3, 0.4) is 0 Å². The molecule has 0 bridgehead atoms.